The van der Waals surface area contributed by atoms with Crippen molar-refractivity contribution in [1.82, 2.24) is 0 Å². The van der Waals surface area contributed by atoms with Crippen molar-refractivity contribution >= 4 is 11.5 Å². The predicted octanol–water partition coefficient (Wildman–Crippen LogP) is 2.96. The SMILES string of the molecule is CCC(C)C(=O)c1ccccc1NC. The standard InChI is InChI=1S/C12H17NO/c1-4-9(2)12(14)10-7-5-6-8-11(10)13-3/h5-9,13H,4H2,1-3H3. The van der Waals surface area contributed by atoms with Crippen LogP contribution in [0.15, 0.2) is 24.3 Å². The Kier molecular flexibility index (Phi) is 3.69. The van der Waals surface area contributed by atoms with E-state index in [1.54, 1.807) is 0 Å². The van der Waals surface area contributed by atoms with E-state index in [1.165, 1.54) is 0 Å². The molecule has 2 heteroatoms. The molecule has 1 aromatic carbocycles. The van der Waals surface area contributed by atoms with E-state index in [0.717, 1.165) is 17.7 Å². The second-order valence-electron chi connectivity index (χ2n) is 3.47. The summed E-state index contributed by atoms with van der Waals surface area (Å²) in [6.07, 6.45) is 0.886. The maximum atomic E-state index is 11.9. The highest BCUT2D eigenvalue weighted by Gasteiger charge is 2.15. The van der Waals surface area contributed by atoms with Gasteiger partial charge in [0.2, 0.25) is 0 Å². The third-order valence-electron chi connectivity index (χ3n) is 2.52. The van der Waals surface area contributed by atoms with Gasteiger partial charge in [0.15, 0.2) is 5.78 Å². The quantitative estimate of drug-likeness (QED) is 0.741. The fourth-order valence-electron chi connectivity index (χ4n) is 1.37. The number of hydrogen-bond donors (Lipinski definition) is 1. The normalized spacial score (nSPS) is 12.2. The first-order valence-electron chi connectivity index (χ1n) is 5.01. The van der Waals surface area contributed by atoms with Gasteiger partial charge in [-0.15, -0.1) is 0 Å². The molecule has 0 saturated carbocycles. The highest BCUT2D eigenvalue weighted by molar-refractivity contribution is 6.02. The summed E-state index contributed by atoms with van der Waals surface area (Å²) in [6, 6.07) is 7.63. The first-order chi connectivity index (χ1) is 6.70. The average Bonchev–Trinajstić information content (AvgIpc) is 2.26. The zero-order valence-electron chi connectivity index (χ0n) is 9.00. The molecule has 1 N–H and O–H groups in total. The Hall–Kier alpha value is -1.31. The van der Waals surface area contributed by atoms with Crippen LogP contribution in [0.5, 0.6) is 0 Å². The van der Waals surface area contributed by atoms with Crippen LogP contribution in [-0.4, -0.2) is 12.8 Å². The van der Waals surface area contributed by atoms with Gasteiger partial charge in [-0.25, -0.2) is 0 Å². The molecule has 0 fully saturated rings. The van der Waals surface area contributed by atoms with Gasteiger partial charge < -0.3 is 5.32 Å². The van der Waals surface area contributed by atoms with Gasteiger partial charge in [0.25, 0.3) is 0 Å². The fraction of sp³-hybridized carbons (Fsp3) is 0.417. The Labute approximate surface area is 85.3 Å². The first kappa shape index (κ1) is 10.8. The Morgan fingerprint density at radius 3 is 2.64 bits per heavy atom. The summed E-state index contributed by atoms with van der Waals surface area (Å²) >= 11 is 0. The summed E-state index contributed by atoms with van der Waals surface area (Å²) in [6.45, 7) is 4.00. The van der Waals surface area contributed by atoms with Crippen molar-refractivity contribution in [2.75, 3.05) is 12.4 Å². The molecule has 0 saturated heterocycles. The second kappa shape index (κ2) is 4.80. The largest absolute Gasteiger partial charge is 0.388 e. The highest BCUT2D eigenvalue weighted by atomic mass is 16.1. The van der Waals surface area contributed by atoms with Gasteiger partial charge in [-0.2, -0.15) is 0 Å². The van der Waals surface area contributed by atoms with E-state index in [9.17, 15) is 4.79 Å². The van der Waals surface area contributed by atoms with Crippen molar-refractivity contribution in [1.29, 1.82) is 0 Å². The number of para-hydroxylation sites is 1. The van der Waals surface area contributed by atoms with Gasteiger partial charge in [-0.1, -0.05) is 26.0 Å². The summed E-state index contributed by atoms with van der Waals surface area (Å²) < 4.78 is 0. The monoisotopic (exact) mass is 191 g/mol. The number of hydrogen-bond acceptors (Lipinski definition) is 2. The van der Waals surface area contributed by atoms with Crippen LogP contribution in [-0.2, 0) is 0 Å². The number of benzene rings is 1. The lowest BCUT2D eigenvalue weighted by molar-refractivity contribution is 0.0928. The van der Waals surface area contributed by atoms with Crippen LogP contribution < -0.4 is 5.32 Å². The van der Waals surface area contributed by atoms with E-state index >= 15 is 0 Å². The third-order valence-corrected chi connectivity index (χ3v) is 2.52. The highest BCUT2D eigenvalue weighted by Crippen LogP contribution is 2.19. The van der Waals surface area contributed by atoms with Crippen molar-refractivity contribution < 1.29 is 4.79 Å². The van der Waals surface area contributed by atoms with E-state index < -0.39 is 0 Å². The van der Waals surface area contributed by atoms with E-state index in [0.29, 0.717) is 0 Å². The zero-order chi connectivity index (χ0) is 10.6. The minimum absolute atomic E-state index is 0.101. The molecule has 0 aliphatic rings. The number of nitrogens with one attached hydrogen (secondary N) is 1. The summed E-state index contributed by atoms with van der Waals surface area (Å²) in [5.74, 6) is 0.321. The summed E-state index contributed by atoms with van der Waals surface area (Å²) in [4.78, 5) is 11.9. The average molecular weight is 191 g/mol. The molecule has 1 rings (SSSR count). The van der Waals surface area contributed by atoms with Gasteiger partial charge in [0.05, 0.1) is 0 Å². The Morgan fingerprint density at radius 2 is 2.07 bits per heavy atom. The Bertz CT molecular complexity index is 320. The van der Waals surface area contributed by atoms with Crippen LogP contribution in [0.2, 0.25) is 0 Å². The van der Waals surface area contributed by atoms with E-state index in [-0.39, 0.29) is 11.7 Å². The van der Waals surface area contributed by atoms with Gasteiger partial charge in [-0.3, -0.25) is 4.79 Å². The maximum Gasteiger partial charge on any atom is 0.167 e. The van der Waals surface area contributed by atoms with Crippen molar-refractivity contribution in [3.63, 3.8) is 0 Å². The van der Waals surface area contributed by atoms with Gasteiger partial charge in [0.1, 0.15) is 0 Å². The number of anilines is 1. The number of carbonyl (C=O) groups excluding carboxylic acids is 1. The maximum absolute atomic E-state index is 11.9. The predicted molar refractivity (Wildman–Crippen MR) is 59.8 cm³/mol. The molecular weight excluding hydrogens is 174 g/mol. The molecule has 1 unspecified atom stereocenters. The van der Waals surface area contributed by atoms with Crippen molar-refractivity contribution in [3.8, 4) is 0 Å². The molecule has 14 heavy (non-hydrogen) atoms. The lowest BCUT2D eigenvalue weighted by Crippen LogP contribution is -2.12. The van der Waals surface area contributed by atoms with E-state index in [2.05, 4.69) is 5.32 Å². The number of ketones is 1. The van der Waals surface area contributed by atoms with Gasteiger partial charge in [0, 0.05) is 24.2 Å². The third kappa shape index (κ3) is 2.13. The van der Waals surface area contributed by atoms with Crippen LogP contribution in [0, 0.1) is 5.92 Å². The molecule has 0 aliphatic heterocycles. The molecule has 0 amide bonds. The molecule has 76 valence electrons. The Balaban J connectivity index is 3.00. The summed E-state index contributed by atoms with van der Waals surface area (Å²) in [7, 11) is 1.84. The topological polar surface area (TPSA) is 29.1 Å². The number of carbonyl (C=O) groups is 1. The van der Waals surface area contributed by atoms with Crippen molar-refractivity contribution in [2.24, 2.45) is 5.92 Å². The lowest BCUT2D eigenvalue weighted by atomic mass is 9.96. The second-order valence-corrected chi connectivity index (χ2v) is 3.47. The van der Waals surface area contributed by atoms with Gasteiger partial charge >= 0.3 is 0 Å². The molecule has 2 nitrogen and oxygen atoms in total. The first-order valence-corrected chi connectivity index (χ1v) is 5.01. The molecule has 0 heterocycles. The smallest absolute Gasteiger partial charge is 0.167 e. The molecular formula is C12H17NO. The number of Topliss-reactive ketones (excluding diaryl/α,β-unsaturated/α-hetero) is 1. The molecule has 0 aromatic heterocycles. The molecule has 0 radical (unpaired) electrons. The van der Waals surface area contributed by atoms with Crippen LogP contribution in [0.1, 0.15) is 30.6 Å². The van der Waals surface area contributed by atoms with E-state index in [4.69, 9.17) is 0 Å². The van der Waals surface area contributed by atoms with Crippen LogP contribution in [0.4, 0.5) is 5.69 Å². The zero-order valence-corrected chi connectivity index (χ0v) is 9.00. The summed E-state index contributed by atoms with van der Waals surface area (Å²) in [5.41, 5.74) is 1.71. The molecule has 0 spiro atoms. The Morgan fingerprint density at radius 1 is 1.43 bits per heavy atom. The minimum Gasteiger partial charge on any atom is -0.388 e. The molecule has 0 aliphatic carbocycles. The fourth-order valence-corrected chi connectivity index (χ4v) is 1.37. The van der Waals surface area contributed by atoms with Crippen molar-refractivity contribution in [3.05, 3.63) is 29.8 Å². The van der Waals surface area contributed by atoms with Crippen LogP contribution >= 0.6 is 0 Å². The van der Waals surface area contributed by atoms with Gasteiger partial charge in [-0.05, 0) is 18.6 Å². The van der Waals surface area contributed by atoms with Crippen LogP contribution in [0.25, 0.3) is 0 Å². The van der Waals surface area contributed by atoms with E-state index in [1.807, 2.05) is 45.2 Å². The molecule has 0 bridgehead atoms. The van der Waals surface area contributed by atoms with Crippen LogP contribution in [0.3, 0.4) is 0 Å². The summed E-state index contributed by atoms with van der Waals surface area (Å²) in [5, 5.41) is 3.03. The molecule has 1 aromatic rings. The lowest BCUT2D eigenvalue weighted by Gasteiger charge is -2.11. The minimum atomic E-state index is 0.101. The molecule has 1 atom stereocenters. The number of rotatable bonds is 4. The van der Waals surface area contributed by atoms with Crippen molar-refractivity contribution in [2.45, 2.75) is 20.3 Å².